The summed E-state index contributed by atoms with van der Waals surface area (Å²) in [5.74, 6) is -0.974. The maximum atomic E-state index is 12.5. The molecule has 1 aliphatic rings. The van der Waals surface area contributed by atoms with Crippen LogP contribution in [0, 0.1) is 0 Å². The third-order valence-corrected chi connectivity index (χ3v) is 2.76. The second-order valence-electron chi connectivity index (χ2n) is 4.01. The molecule has 0 atom stereocenters. The fourth-order valence-electron chi connectivity index (χ4n) is 1.85. The van der Waals surface area contributed by atoms with Crippen LogP contribution >= 0.6 is 0 Å². The summed E-state index contributed by atoms with van der Waals surface area (Å²) in [5.41, 5.74) is 2.14. The SMILES string of the molecule is O=C(O)c1cccc(C=C2CC=CCC2=NF)c1. The van der Waals surface area contributed by atoms with Crippen molar-refractivity contribution in [2.45, 2.75) is 12.8 Å². The Labute approximate surface area is 104 Å². The van der Waals surface area contributed by atoms with E-state index in [4.69, 9.17) is 5.11 Å². The van der Waals surface area contributed by atoms with Crippen LogP contribution in [0.2, 0.25) is 0 Å². The van der Waals surface area contributed by atoms with Crippen molar-refractivity contribution in [1.82, 2.24) is 0 Å². The van der Waals surface area contributed by atoms with Crippen LogP contribution < -0.4 is 0 Å². The van der Waals surface area contributed by atoms with Crippen LogP contribution in [0.3, 0.4) is 0 Å². The van der Waals surface area contributed by atoms with E-state index in [0.29, 0.717) is 18.6 Å². The fraction of sp³-hybridized carbons (Fsp3) is 0.143. The number of benzene rings is 1. The Hall–Kier alpha value is -2.23. The van der Waals surface area contributed by atoms with Crippen LogP contribution in [0.5, 0.6) is 0 Å². The van der Waals surface area contributed by atoms with Gasteiger partial charge >= 0.3 is 5.97 Å². The summed E-state index contributed by atoms with van der Waals surface area (Å²) in [6.45, 7) is 0. The minimum Gasteiger partial charge on any atom is -0.478 e. The van der Waals surface area contributed by atoms with Gasteiger partial charge in [-0.2, -0.15) is 0 Å². The predicted molar refractivity (Wildman–Crippen MR) is 68.3 cm³/mol. The lowest BCUT2D eigenvalue weighted by molar-refractivity contribution is 0.0697. The molecule has 1 aromatic rings. The number of hydrogen-bond acceptors (Lipinski definition) is 2. The summed E-state index contributed by atoms with van der Waals surface area (Å²) >= 11 is 0. The number of aromatic carboxylic acids is 1. The van der Waals surface area contributed by atoms with Crippen LogP contribution in [0.15, 0.2) is 47.2 Å². The first kappa shape index (κ1) is 12.2. The molecule has 3 nitrogen and oxygen atoms in total. The first-order valence-corrected chi connectivity index (χ1v) is 5.58. The summed E-state index contributed by atoms with van der Waals surface area (Å²) in [6.07, 6.45) is 6.67. The normalized spacial score (nSPS) is 19.4. The summed E-state index contributed by atoms with van der Waals surface area (Å²) < 4.78 is 12.5. The largest absolute Gasteiger partial charge is 0.478 e. The molecule has 0 saturated heterocycles. The molecule has 0 fully saturated rings. The third kappa shape index (κ3) is 2.71. The molecule has 18 heavy (non-hydrogen) atoms. The number of halogens is 1. The molecule has 92 valence electrons. The Morgan fingerprint density at radius 2 is 2.11 bits per heavy atom. The van der Waals surface area contributed by atoms with Crippen molar-refractivity contribution in [2.24, 2.45) is 5.21 Å². The van der Waals surface area contributed by atoms with Gasteiger partial charge in [0.05, 0.1) is 11.3 Å². The lowest BCUT2D eigenvalue weighted by atomic mass is 9.96. The first-order chi connectivity index (χ1) is 8.70. The monoisotopic (exact) mass is 245 g/mol. The van der Waals surface area contributed by atoms with Gasteiger partial charge in [0.15, 0.2) is 0 Å². The summed E-state index contributed by atoms with van der Waals surface area (Å²) in [7, 11) is 0. The van der Waals surface area contributed by atoms with Crippen LogP contribution in [0.25, 0.3) is 6.08 Å². The van der Waals surface area contributed by atoms with Crippen molar-refractivity contribution in [2.75, 3.05) is 0 Å². The number of carboxylic acids is 1. The molecule has 0 saturated carbocycles. The quantitative estimate of drug-likeness (QED) is 0.811. The Bertz CT molecular complexity index is 559. The number of carbonyl (C=O) groups is 1. The zero-order valence-corrected chi connectivity index (χ0v) is 9.64. The molecular weight excluding hydrogens is 233 g/mol. The summed E-state index contributed by atoms with van der Waals surface area (Å²) in [4.78, 5) is 10.9. The van der Waals surface area contributed by atoms with Crippen molar-refractivity contribution in [3.8, 4) is 0 Å². The molecule has 1 aromatic carbocycles. The van der Waals surface area contributed by atoms with Crippen molar-refractivity contribution in [1.29, 1.82) is 0 Å². The zero-order chi connectivity index (χ0) is 13.0. The average Bonchev–Trinajstić information content (AvgIpc) is 2.39. The molecule has 2 rings (SSSR count). The Balaban J connectivity index is 2.35. The van der Waals surface area contributed by atoms with Crippen LogP contribution in [-0.4, -0.2) is 16.8 Å². The van der Waals surface area contributed by atoms with E-state index in [1.165, 1.54) is 6.07 Å². The van der Waals surface area contributed by atoms with E-state index in [2.05, 4.69) is 5.21 Å². The van der Waals surface area contributed by atoms with Crippen molar-refractivity contribution < 1.29 is 14.4 Å². The van der Waals surface area contributed by atoms with Crippen molar-refractivity contribution in [3.63, 3.8) is 0 Å². The van der Waals surface area contributed by atoms with E-state index in [0.717, 1.165) is 11.1 Å². The van der Waals surface area contributed by atoms with E-state index in [9.17, 15) is 9.28 Å². The minimum absolute atomic E-state index is 0.217. The molecule has 0 bridgehead atoms. The smallest absolute Gasteiger partial charge is 0.335 e. The molecule has 1 N–H and O–H groups in total. The number of carboxylic acid groups (broad SMARTS) is 1. The molecule has 0 aliphatic heterocycles. The van der Waals surface area contributed by atoms with Gasteiger partial charge in [-0.1, -0.05) is 34.0 Å². The van der Waals surface area contributed by atoms with Gasteiger partial charge in [-0.3, -0.25) is 0 Å². The van der Waals surface area contributed by atoms with E-state index < -0.39 is 5.97 Å². The molecule has 0 unspecified atom stereocenters. The molecule has 0 amide bonds. The topological polar surface area (TPSA) is 49.7 Å². The van der Waals surface area contributed by atoms with Crippen molar-refractivity contribution >= 4 is 17.8 Å². The molecule has 0 aromatic heterocycles. The van der Waals surface area contributed by atoms with Gasteiger partial charge in [0.1, 0.15) is 0 Å². The molecular formula is C14H12FNO2. The maximum Gasteiger partial charge on any atom is 0.335 e. The van der Waals surface area contributed by atoms with Gasteiger partial charge in [-0.15, -0.1) is 0 Å². The minimum atomic E-state index is -0.974. The lowest BCUT2D eigenvalue weighted by Gasteiger charge is -2.10. The fourth-order valence-corrected chi connectivity index (χ4v) is 1.85. The van der Waals surface area contributed by atoms with E-state index in [1.54, 1.807) is 24.3 Å². The van der Waals surface area contributed by atoms with Crippen LogP contribution in [0.1, 0.15) is 28.8 Å². The Morgan fingerprint density at radius 3 is 2.83 bits per heavy atom. The number of rotatable bonds is 2. The molecule has 4 heteroatoms. The highest BCUT2D eigenvalue weighted by Crippen LogP contribution is 2.19. The molecule has 1 aliphatic carbocycles. The highest BCUT2D eigenvalue weighted by molar-refractivity contribution is 6.05. The summed E-state index contributed by atoms with van der Waals surface area (Å²) in [6, 6.07) is 6.53. The maximum absolute atomic E-state index is 12.5. The number of hydrogen-bond donors (Lipinski definition) is 1. The standard InChI is InChI=1S/C14H12FNO2/c15-16-13-7-2-1-5-11(13)8-10-4-3-6-12(9-10)14(17)18/h1-4,6,8-9H,5,7H2,(H,17,18). The van der Waals surface area contributed by atoms with Crippen LogP contribution in [0.4, 0.5) is 4.48 Å². The van der Waals surface area contributed by atoms with Gasteiger partial charge in [0, 0.05) is 6.42 Å². The summed E-state index contributed by atoms with van der Waals surface area (Å²) in [5, 5.41) is 11.7. The lowest BCUT2D eigenvalue weighted by Crippen LogP contribution is -2.04. The number of nitrogens with zero attached hydrogens (tertiary/aromatic N) is 1. The van der Waals surface area contributed by atoms with E-state index in [-0.39, 0.29) is 5.56 Å². The van der Waals surface area contributed by atoms with Gasteiger partial charge in [0.2, 0.25) is 0 Å². The molecule has 0 radical (unpaired) electrons. The highest BCUT2D eigenvalue weighted by Gasteiger charge is 2.10. The molecule has 0 spiro atoms. The third-order valence-electron chi connectivity index (χ3n) is 2.76. The van der Waals surface area contributed by atoms with Crippen LogP contribution in [-0.2, 0) is 0 Å². The average molecular weight is 245 g/mol. The highest BCUT2D eigenvalue weighted by atomic mass is 19.2. The first-order valence-electron chi connectivity index (χ1n) is 5.58. The number of allylic oxidation sites excluding steroid dienone is 3. The molecule has 0 heterocycles. The second-order valence-corrected chi connectivity index (χ2v) is 4.01. The van der Waals surface area contributed by atoms with Gasteiger partial charge in [-0.25, -0.2) is 4.79 Å². The van der Waals surface area contributed by atoms with Gasteiger partial charge < -0.3 is 5.11 Å². The van der Waals surface area contributed by atoms with Crippen molar-refractivity contribution in [3.05, 3.63) is 53.1 Å². The second kappa shape index (κ2) is 5.40. The Kier molecular flexibility index (Phi) is 3.67. The Morgan fingerprint density at radius 1 is 1.33 bits per heavy atom. The zero-order valence-electron chi connectivity index (χ0n) is 9.64. The van der Waals surface area contributed by atoms with Gasteiger partial charge in [0.25, 0.3) is 0 Å². The predicted octanol–water partition coefficient (Wildman–Crippen LogP) is 3.44. The van der Waals surface area contributed by atoms with E-state index in [1.807, 2.05) is 12.2 Å². The van der Waals surface area contributed by atoms with Gasteiger partial charge in [-0.05, 0) is 35.8 Å². The van der Waals surface area contributed by atoms with E-state index >= 15 is 0 Å².